The zero-order valence-corrected chi connectivity index (χ0v) is 9.29. The minimum absolute atomic E-state index is 0.785. The van der Waals surface area contributed by atoms with Gasteiger partial charge in [-0.25, -0.2) is 0 Å². The minimum atomic E-state index is 0.785. The Morgan fingerprint density at radius 1 is 1.33 bits per heavy atom. The molecule has 72 valence electrons. The van der Waals surface area contributed by atoms with Crippen LogP contribution in [0.25, 0.3) is 0 Å². The van der Waals surface area contributed by atoms with Crippen molar-refractivity contribution in [2.24, 2.45) is 5.92 Å². The molecule has 1 unspecified atom stereocenters. The van der Waals surface area contributed by atoms with Crippen molar-refractivity contribution in [2.75, 3.05) is 12.3 Å². The van der Waals surface area contributed by atoms with Crippen LogP contribution in [0.5, 0.6) is 0 Å². The van der Waals surface area contributed by atoms with E-state index in [2.05, 4.69) is 37.8 Å². The van der Waals surface area contributed by atoms with Gasteiger partial charge in [-0.1, -0.05) is 20.8 Å². The Morgan fingerprint density at radius 2 is 2.00 bits per heavy atom. The smallest absolute Gasteiger partial charge is 0.0144 e. The van der Waals surface area contributed by atoms with E-state index in [0.717, 1.165) is 17.2 Å². The molecule has 1 atom stereocenters. The Morgan fingerprint density at radius 3 is 2.50 bits per heavy atom. The van der Waals surface area contributed by atoms with Crippen LogP contribution in [0.15, 0.2) is 0 Å². The second-order valence-electron chi connectivity index (χ2n) is 4.22. The lowest BCUT2D eigenvalue weighted by Gasteiger charge is -2.13. The molecule has 1 rings (SSSR count). The summed E-state index contributed by atoms with van der Waals surface area (Å²) in [5.74, 6) is 2.13. The van der Waals surface area contributed by atoms with Gasteiger partial charge >= 0.3 is 0 Å². The summed E-state index contributed by atoms with van der Waals surface area (Å²) in [6.45, 7) is 8.09. The van der Waals surface area contributed by atoms with Crippen LogP contribution in [0.1, 0.15) is 33.6 Å². The van der Waals surface area contributed by atoms with Crippen molar-refractivity contribution in [1.29, 1.82) is 0 Å². The van der Waals surface area contributed by atoms with E-state index in [1.807, 2.05) is 0 Å². The second kappa shape index (κ2) is 5.13. The summed E-state index contributed by atoms with van der Waals surface area (Å²) in [7, 11) is 0. The summed E-state index contributed by atoms with van der Waals surface area (Å²) < 4.78 is 0. The molecule has 1 nitrogen and oxygen atoms in total. The molecule has 0 amide bonds. The van der Waals surface area contributed by atoms with Crippen LogP contribution in [0.3, 0.4) is 0 Å². The number of thioether (sulfide) groups is 1. The predicted octanol–water partition coefficient (Wildman–Crippen LogP) is 2.52. The van der Waals surface area contributed by atoms with E-state index in [-0.39, 0.29) is 0 Å². The van der Waals surface area contributed by atoms with Gasteiger partial charge in [-0.3, -0.25) is 0 Å². The molecule has 1 N–H and O–H groups in total. The van der Waals surface area contributed by atoms with Crippen molar-refractivity contribution in [1.82, 2.24) is 5.32 Å². The van der Waals surface area contributed by atoms with E-state index in [4.69, 9.17) is 0 Å². The number of nitrogens with one attached hydrogen (secondary N) is 1. The van der Waals surface area contributed by atoms with Gasteiger partial charge in [0.05, 0.1) is 0 Å². The van der Waals surface area contributed by atoms with Crippen LogP contribution < -0.4 is 5.32 Å². The van der Waals surface area contributed by atoms with Crippen molar-refractivity contribution < 1.29 is 0 Å². The topological polar surface area (TPSA) is 12.0 Å². The van der Waals surface area contributed by atoms with Gasteiger partial charge in [-0.2, -0.15) is 11.8 Å². The summed E-state index contributed by atoms with van der Waals surface area (Å²) in [4.78, 5) is 0. The average molecular weight is 187 g/mol. The van der Waals surface area contributed by atoms with Gasteiger partial charge < -0.3 is 5.32 Å². The first kappa shape index (κ1) is 10.4. The van der Waals surface area contributed by atoms with Crippen LogP contribution in [0, 0.1) is 5.92 Å². The van der Waals surface area contributed by atoms with Gasteiger partial charge in [0.25, 0.3) is 0 Å². The molecular formula is C10H21NS. The van der Waals surface area contributed by atoms with Gasteiger partial charge in [-0.15, -0.1) is 0 Å². The van der Waals surface area contributed by atoms with Gasteiger partial charge in [0.15, 0.2) is 0 Å². The van der Waals surface area contributed by atoms with E-state index in [1.165, 1.54) is 25.1 Å². The molecule has 0 aliphatic heterocycles. The molecule has 1 aliphatic carbocycles. The Bertz CT molecular complexity index is 115. The van der Waals surface area contributed by atoms with Gasteiger partial charge in [0.2, 0.25) is 0 Å². The SMILES string of the molecule is CC(C)CSC(C)CNC1CC1. The van der Waals surface area contributed by atoms with E-state index in [0.29, 0.717) is 0 Å². The molecule has 0 bridgehead atoms. The molecule has 12 heavy (non-hydrogen) atoms. The Kier molecular flexibility index (Phi) is 4.44. The maximum Gasteiger partial charge on any atom is 0.0144 e. The lowest BCUT2D eigenvalue weighted by molar-refractivity contribution is 0.675. The van der Waals surface area contributed by atoms with Gasteiger partial charge in [0.1, 0.15) is 0 Å². The molecule has 0 radical (unpaired) electrons. The molecular weight excluding hydrogens is 166 g/mol. The fraction of sp³-hybridized carbons (Fsp3) is 1.00. The maximum absolute atomic E-state index is 3.56. The molecule has 0 aromatic carbocycles. The van der Waals surface area contributed by atoms with Gasteiger partial charge in [-0.05, 0) is 24.5 Å². The van der Waals surface area contributed by atoms with Crippen molar-refractivity contribution in [3.05, 3.63) is 0 Å². The number of hydrogen-bond acceptors (Lipinski definition) is 2. The third kappa shape index (κ3) is 5.04. The molecule has 2 heteroatoms. The van der Waals surface area contributed by atoms with E-state index in [1.54, 1.807) is 0 Å². The molecule has 0 saturated heterocycles. The molecule has 1 fully saturated rings. The molecule has 0 aromatic heterocycles. The molecule has 0 spiro atoms. The van der Waals surface area contributed by atoms with E-state index >= 15 is 0 Å². The highest BCUT2D eigenvalue weighted by Crippen LogP contribution is 2.20. The van der Waals surface area contributed by atoms with Crippen molar-refractivity contribution in [2.45, 2.75) is 44.9 Å². The van der Waals surface area contributed by atoms with E-state index in [9.17, 15) is 0 Å². The summed E-state index contributed by atoms with van der Waals surface area (Å²) in [5, 5.41) is 4.34. The van der Waals surface area contributed by atoms with Crippen LogP contribution in [-0.2, 0) is 0 Å². The fourth-order valence-corrected chi connectivity index (χ4v) is 1.96. The highest BCUT2D eigenvalue weighted by Gasteiger charge is 2.20. The first-order valence-electron chi connectivity index (χ1n) is 5.03. The van der Waals surface area contributed by atoms with Crippen molar-refractivity contribution in [3.63, 3.8) is 0 Å². The Balaban J connectivity index is 1.91. The molecule has 0 aromatic rings. The highest BCUT2D eigenvalue weighted by atomic mass is 32.2. The summed E-state index contributed by atoms with van der Waals surface area (Å²) in [6, 6.07) is 0.868. The molecule has 1 aliphatic rings. The lowest BCUT2D eigenvalue weighted by Crippen LogP contribution is -2.25. The van der Waals surface area contributed by atoms with Gasteiger partial charge in [0, 0.05) is 17.8 Å². The maximum atomic E-state index is 3.56. The first-order chi connectivity index (χ1) is 5.68. The third-order valence-electron chi connectivity index (χ3n) is 1.99. The zero-order valence-electron chi connectivity index (χ0n) is 8.47. The highest BCUT2D eigenvalue weighted by molar-refractivity contribution is 7.99. The zero-order chi connectivity index (χ0) is 8.97. The van der Waals surface area contributed by atoms with Crippen LogP contribution in [0.2, 0.25) is 0 Å². The van der Waals surface area contributed by atoms with Crippen LogP contribution >= 0.6 is 11.8 Å². The minimum Gasteiger partial charge on any atom is -0.313 e. The summed E-state index contributed by atoms with van der Waals surface area (Å²) in [5.41, 5.74) is 0. The normalized spacial score (nSPS) is 20.0. The number of hydrogen-bond donors (Lipinski definition) is 1. The monoisotopic (exact) mass is 187 g/mol. The first-order valence-corrected chi connectivity index (χ1v) is 6.08. The summed E-state index contributed by atoms with van der Waals surface area (Å²) in [6.07, 6.45) is 2.81. The van der Waals surface area contributed by atoms with Crippen LogP contribution in [0.4, 0.5) is 0 Å². The quantitative estimate of drug-likeness (QED) is 0.686. The Labute approximate surface area is 80.7 Å². The third-order valence-corrected chi connectivity index (χ3v) is 3.58. The number of rotatable bonds is 6. The second-order valence-corrected chi connectivity index (χ2v) is 5.69. The fourth-order valence-electron chi connectivity index (χ4n) is 1.04. The van der Waals surface area contributed by atoms with Crippen LogP contribution in [-0.4, -0.2) is 23.6 Å². The van der Waals surface area contributed by atoms with Crippen molar-refractivity contribution in [3.8, 4) is 0 Å². The standard InChI is InChI=1S/C10H21NS/c1-8(2)7-12-9(3)6-11-10-4-5-10/h8-11H,4-7H2,1-3H3. The molecule has 1 saturated carbocycles. The Hall–Kier alpha value is 0.310. The summed E-state index contributed by atoms with van der Waals surface area (Å²) >= 11 is 2.09. The lowest BCUT2D eigenvalue weighted by atomic mass is 10.3. The van der Waals surface area contributed by atoms with E-state index < -0.39 is 0 Å². The molecule has 0 heterocycles. The van der Waals surface area contributed by atoms with Crippen molar-refractivity contribution >= 4 is 11.8 Å². The largest absolute Gasteiger partial charge is 0.313 e. The predicted molar refractivity (Wildman–Crippen MR) is 57.8 cm³/mol. The average Bonchev–Trinajstić information content (AvgIpc) is 2.80.